The van der Waals surface area contributed by atoms with E-state index in [9.17, 15) is 10.1 Å². The molecule has 0 aliphatic rings. The van der Waals surface area contributed by atoms with Gasteiger partial charge in [-0.05, 0) is 29.3 Å². The maximum absolute atomic E-state index is 10.6. The van der Waals surface area contributed by atoms with Gasteiger partial charge in [0.15, 0.2) is 0 Å². The van der Waals surface area contributed by atoms with Gasteiger partial charge in [0.25, 0.3) is 5.69 Å². The Labute approximate surface area is 121 Å². The summed E-state index contributed by atoms with van der Waals surface area (Å²) in [6, 6.07) is 11.9. The fraction of sp³-hybridized carbons (Fsp3) is 0.0667. The molecule has 2 rings (SSSR count). The molecule has 2 aromatic rings. The van der Waals surface area contributed by atoms with Crippen LogP contribution in [0.1, 0.15) is 11.1 Å². The highest BCUT2D eigenvalue weighted by Crippen LogP contribution is 2.24. The topological polar surface area (TPSA) is 52.4 Å². The molecule has 102 valence electrons. The molecule has 0 saturated carbocycles. The van der Waals surface area contributed by atoms with Crippen LogP contribution >= 0.6 is 11.6 Å². The molecule has 0 bridgehead atoms. The van der Waals surface area contributed by atoms with Crippen LogP contribution in [0, 0.1) is 10.1 Å². The first-order valence-corrected chi connectivity index (χ1v) is 6.24. The van der Waals surface area contributed by atoms with Gasteiger partial charge >= 0.3 is 0 Å². The van der Waals surface area contributed by atoms with E-state index in [2.05, 4.69) is 0 Å². The maximum atomic E-state index is 10.6. The number of methoxy groups -OCH3 is 1. The fourth-order valence-corrected chi connectivity index (χ4v) is 1.90. The van der Waals surface area contributed by atoms with Gasteiger partial charge in [-0.25, -0.2) is 0 Å². The quantitative estimate of drug-likeness (QED) is 0.475. The predicted molar refractivity (Wildman–Crippen MR) is 80.0 cm³/mol. The highest BCUT2D eigenvalue weighted by molar-refractivity contribution is 6.32. The molecule has 0 fully saturated rings. The van der Waals surface area contributed by atoms with Gasteiger partial charge in [0.2, 0.25) is 0 Å². The average Bonchev–Trinajstić information content (AvgIpc) is 2.46. The highest BCUT2D eigenvalue weighted by atomic mass is 35.5. The molecule has 0 unspecified atom stereocenters. The van der Waals surface area contributed by atoms with Gasteiger partial charge in [-0.3, -0.25) is 10.1 Å². The van der Waals surface area contributed by atoms with Crippen LogP contribution < -0.4 is 4.74 Å². The summed E-state index contributed by atoms with van der Waals surface area (Å²) in [6.07, 6.45) is 3.69. The van der Waals surface area contributed by atoms with Gasteiger partial charge in [0, 0.05) is 12.1 Å². The van der Waals surface area contributed by atoms with Crippen molar-refractivity contribution in [3.05, 3.63) is 68.7 Å². The fourth-order valence-electron chi connectivity index (χ4n) is 1.67. The minimum atomic E-state index is -0.469. The zero-order valence-corrected chi connectivity index (χ0v) is 11.5. The summed E-state index contributed by atoms with van der Waals surface area (Å²) in [4.78, 5) is 10.2. The highest BCUT2D eigenvalue weighted by Gasteiger charge is 2.07. The Balaban J connectivity index is 2.20. The lowest BCUT2D eigenvalue weighted by Gasteiger charge is -2.00. The van der Waals surface area contributed by atoms with E-state index in [1.54, 1.807) is 13.2 Å². The third kappa shape index (κ3) is 3.36. The summed E-state index contributed by atoms with van der Waals surface area (Å²) < 4.78 is 5.08. The second-order valence-electron chi connectivity index (χ2n) is 4.07. The van der Waals surface area contributed by atoms with Crippen LogP contribution in [0.25, 0.3) is 12.2 Å². The number of benzene rings is 2. The molecule has 0 amide bonds. The van der Waals surface area contributed by atoms with Crippen molar-refractivity contribution < 1.29 is 9.66 Å². The number of hydrogen-bond donors (Lipinski definition) is 0. The van der Waals surface area contributed by atoms with E-state index >= 15 is 0 Å². The van der Waals surface area contributed by atoms with Crippen molar-refractivity contribution in [3.63, 3.8) is 0 Å². The van der Waals surface area contributed by atoms with Crippen molar-refractivity contribution in [1.29, 1.82) is 0 Å². The lowest BCUT2D eigenvalue weighted by Crippen LogP contribution is -1.88. The molecule has 2 aromatic carbocycles. The number of nitro benzene ring substituents is 1. The Morgan fingerprint density at radius 1 is 1.15 bits per heavy atom. The van der Waals surface area contributed by atoms with Crippen LogP contribution in [0.15, 0.2) is 42.5 Å². The van der Waals surface area contributed by atoms with Crippen molar-refractivity contribution in [2.45, 2.75) is 0 Å². The van der Waals surface area contributed by atoms with Crippen LogP contribution in [0.5, 0.6) is 5.75 Å². The van der Waals surface area contributed by atoms with Crippen LogP contribution in [0.2, 0.25) is 5.02 Å². The molecule has 0 spiro atoms. The molecule has 4 nitrogen and oxygen atoms in total. The minimum Gasteiger partial charge on any atom is -0.497 e. The van der Waals surface area contributed by atoms with Crippen molar-refractivity contribution in [3.8, 4) is 5.75 Å². The third-order valence-corrected chi connectivity index (χ3v) is 3.09. The lowest BCUT2D eigenvalue weighted by atomic mass is 10.1. The first kappa shape index (κ1) is 14.1. The van der Waals surface area contributed by atoms with Gasteiger partial charge in [-0.15, -0.1) is 0 Å². The van der Waals surface area contributed by atoms with Crippen molar-refractivity contribution in [2.24, 2.45) is 0 Å². The standard InChI is InChI=1S/C15H12ClNO3/c1-20-14-8-3-11(4-9-14)2-5-12-6-7-13(17(18)19)10-15(12)16/h2-10H,1H3/b5-2+. The van der Waals surface area contributed by atoms with Gasteiger partial charge in [-0.2, -0.15) is 0 Å². The number of rotatable bonds is 4. The zero-order valence-electron chi connectivity index (χ0n) is 10.7. The monoisotopic (exact) mass is 289 g/mol. The average molecular weight is 290 g/mol. The van der Waals surface area contributed by atoms with Gasteiger partial charge in [-0.1, -0.05) is 35.9 Å². The number of non-ortho nitro benzene ring substituents is 1. The zero-order chi connectivity index (χ0) is 14.5. The summed E-state index contributed by atoms with van der Waals surface area (Å²) in [6.45, 7) is 0. The van der Waals surface area contributed by atoms with Gasteiger partial charge in [0.05, 0.1) is 17.1 Å². The van der Waals surface area contributed by atoms with Crippen LogP contribution in [0.4, 0.5) is 5.69 Å². The summed E-state index contributed by atoms with van der Waals surface area (Å²) in [5.41, 5.74) is 1.70. The molecular weight excluding hydrogens is 278 g/mol. The van der Waals surface area contributed by atoms with Gasteiger partial charge < -0.3 is 4.74 Å². The molecule has 20 heavy (non-hydrogen) atoms. The molecule has 0 aliphatic carbocycles. The SMILES string of the molecule is COc1ccc(/C=C/c2ccc([N+](=O)[O-])cc2Cl)cc1. The van der Waals surface area contributed by atoms with Crippen LogP contribution in [-0.4, -0.2) is 12.0 Å². The number of ether oxygens (including phenoxy) is 1. The molecule has 0 aliphatic heterocycles. The Hall–Kier alpha value is -2.33. The number of nitro groups is 1. The Kier molecular flexibility index (Phi) is 4.38. The lowest BCUT2D eigenvalue weighted by molar-refractivity contribution is -0.384. The van der Waals surface area contributed by atoms with E-state index in [-0.39, 0.29) is 5.69 Å². The second-order valence-corrected chi connectivity index (χ2v) is 4.48. The maximum Gasteiger partial charge on any atom is 0.270 e. The first-order valence-electron chi connectivity index (χ1n) is 5.86. The number of hydrogen-bond acceptors (Lipinski definition) is 3. The van der Waals surface area contributed by atoms with E-state index < -0.39 is 4.92 Å². The summed E-state index contributed by atoms with van der Waals surface area (Å²) in [5.74, 6) is 0.788. The Morgan fingerprint density at radius 3 is 2.40 bits per heavy atom. The van der Waals surface area contributed by atoms with Crippen LogP contribution in [0.3, 0.4) is 0 Å². The van der Waals surface area contributed by atoms with E-state index in [1.807, 2.05) is 36.4 Å². The molecule has 0 radical (unpaired) electrons. The molecule has 0 atom stereocenters. The molecule has 0 aromatic heterocycles. The summed E-state index contributed by atoms with van der Waals surface area (Å²) >= 11 is 6.01. The molecular formula is C15H12ClNO3. The van der Waals surface area contributed by atoms with Gasteiger partial charge in [0.1, 0.15) is 5.75 Å². The van der Waals surface area contributed by atoms with Crippen molar-refractivity contribution >= 4 is 29.4 Å². The molecule has 0 heterocycles. The van der Waals surface area contributed by atoms with Crippen LogP contribution in [-0.2, 0) is 0 Å². The van der Waals surface area contributed by atoms with Crippen molar-refractivity contribution in [1.82, 2.24) is 0 Å². The summed E-state index contributed by atoms with van der Waals surface area (Å²) in [5, 5.41) is 11.0. The Bertz CT molecular complexity index is 651. The molecule has 5 heteroatoms. The third-order valence-electron chi connectivity index (χ3n) is 2.77. The smallest absolute Gasteiger partial charge is 0.270 e. The largest absolute Gasteiger partial charge is 0.497 e. The molecule has 0 saturated heterocycles. The van der Waals surface area contributed by atoms with E-state index in [1.165, 1.54) is 12.1 Å². The predicted octanol–water partition coefficient (Wildman–Crippen LogP) is 4.43. The number of nitrogens with zero attached hydrogens (tertiary/aromatic N) is 1. The number of halogens is 1. The van der Waals surface area contributed by atoms with E-state index in [0.717, 1.165) is 16.9 Å². The first-order chi connectivity index (χ1) is 9.60. The molecule has 0 N–H and O–H groups in total. The minimum absolute atomic E-state index is 0.0170. The summed E-state index contributed by atoms with van der Waals surface area (Å²) in [7, 11) is 1.61. The van der Waals surface area contributed by atoms with Crippen molar-refractivity contribution in [2.75, 3.05) is 7.11 Å². The van der Waals surface area contributed by atoms with E-state index in [0.29, 0.717) is 5.02 Å². The normalized spacial score (nSPS) is 10.7. The second kappa shape index (κ2) is 6.21. The Morgan fingerprint density at radius 2 is 1.85 bits per heavy atom. The van der Waals surface area contributed by atoms with E-state index in [4.69, 9.17) is 16.3 Å².